The topological polar surface area (TPSA) is 50.3 Å². The molecule has 0 radical (unpaired) electrons. The highest BCUT2D eigenvalue weighted by molar-refractivity contribution is 5.31. The zero-order chi connectivity index (χ0) is 22.2. The van der Waals surface area contributed by atoms with Gasteiger partial charge in [-0.1, -0.05) is 48.5 Å². The Bertz CT molecular complexity index is 968. The molecule has 3 heterocycles. The van der Waals surface area contributed by atoms with Gasteiger partial charge in [0.15, 0.2) is 0 Å². The second-order valence-corrected chi connectivity index (χ2v) is 8.40. The number of nitrogens with zero attached hydrogens (tertiary/aromatic N) is 3. The summed E-state index contributed by atoms with van der Waals surface area (Å²) in [5.41, 5.74) is 4.58. The normalized spacial score (nSPS) is 15.8. The Hall–Kier alpha value is -3.18. The predicted molar refractivity (Wildman–Crippen MR) is 128 cm³/mol. The van der Waals surface area contributed by atoms with Crippen molar-refractivity contribution < 1.29 is 4.74 Å². The molecule has 0 saturated carbocycles. The molecule has 0 aliphatic carbocycles. The van der Waals surface area contributed by atoms with Crippen LogP contribution in [0.25, 0.3) is 0 Å². The first-order valence-corrected chi connectivity index (χ1v) is 11.4. The number of rotatable bonds is 9. The van der Waals surface area contributed by atoms with Gasteiger partial charge in [-0.25, -0.2) is 4.98 Å². The summed E-state index contributed by atoms with van der Waals surface area (Å²) < 4.78 is 5.75. The van der Waals surface area contributed by atoms with E-state index >= 15 is 0 Å². The van der Waals surface area contributed by atoms with Gasteiger partial charge in [-0.2, -0.15) is 0 Å². The van der Waals surface area contributed by atoms with E-state index in [9.17, 15) is 0 Å². The summed E-state index contributed by atoms with van der Waals surface area (Å²) in [7, 11) is 0. The van der Waals surface area contributed by atoms with E-state index < -0.39 is 0 Å². The first kappa shape index (κ1) is 22.0. The van der Waals surface area contributed by atoms with E-state index in [1.54, 1.807) is 6.20 Å². The van der Waals surface area contributed by atoms with Crippen molar-refractivity contribution in [3.63, 3.8) is 0 Å². The van der Waals surface area contributed by atoms with Gasteiger partial charge < -0.3 is 10.1 Å². The van der Waals surface area contributed by atoms with Crippen LogP contribution in [-0.2, 0) is 0 Å². The summed E-state index contributed by atoms with van der Waals surface area (Å²) >= 11 is 0. The van der Waals surface area contributed by atoms with Gasteiger partial charge in [-0.05, 0) is 56.6 Å². The zero-order valence-electron chi connectivity index (χ0n) is 18.8. The summed E-state index contributed by atoms with van der Waals surface area (Å²) in [5, 5.41) is 3.71. The van der Waals surface area contributed by atoms with E-state index in [-0.39, 0.29) is 6.04 Å². The fourth-order valence-electron chi connectivity index (χ4n) is 4.15. The van der Waals surface area contributed by atoms with Gasteiger partial charge in [0.2, 0.25) is 5.88 Å². The third-order valence-electron chi connectivity index (χ3n) is 6.10. The van der Waals surface area contributed by atoms with Gasteiger partial charge in [0.25, 0.3) is 0 Å². The molecule has 0 spiro atoms. The predicted octanol–water partition coefficient (Wildman–Crippen LogP) is 4.77. The molecular formula is C27H32N4O. The van der Waals surface area contributed by atoms with E-state index in [2.05, 4.69) is 64.0 Å². The molecule has 5 nitrogen and oxygen atoms in total. The minimum Gasteiger partial charge on any atom is -0.476 e. The number of piperidine rings is 1. The average Bonchev–Trinajstić information content (AvgIpc) is 2.85. The van der Waals surface area contributed by atoms with Gasteiger partial charge >= 0.3 is 0 Å². The Morgan fingerprint density at radius 2 is 1.75 bits per heavy atom. The van der Waals surface area contributed by atoms with Gasteiger partial charge in [0, 0.05) is 36.6 Å². The molecule has 1 atom stereocenters. The smallest absolute Gasteiger partial charge is 0.213 e. The first-order valence-electron chi connectivity index (χ1n) is 11.4. The van der Waals surface area contributed by atoms with Crippen molar-refractivity contribution >= 4 is 0 Å². The quantitative estimate of drug-likeness (QED) is 0.532. The van der Waals surface area contributed by atoms with Crippen molar-refractivity contribution in [2.75, 3.05) is 26.2 Å². The van der Waals surface area contributed by atoms with Crippen LogP contribution in [0.1, 0.15) is 35.7 Å². The van der Waals surface area contributed by atoms with E-state index in [0.29, 0.717) is 18.4 Å². The summed E-state index contributed by atoms with van der Waals surface area (Å²) in [6.45, 7) is 10.2. The van der Waals surface area contributed by atoms with E-state index in [4.69, 9.17) is 4.74 Å². The first-order chi connectivity index (χ1) is 15.7. The highest BCUT2D eigenvalue weighted by Crippen LogP contribution is 2.27. The summed E-state index contributed by atoms with van der Waals surface area (Å²) in [6, 6.07) is 20.5. The molecular weight excluding hydrogens is 396 g/mol. The van der Waals surface area contributed by atoms with Crippen LogP contribution in [0.3, 0.4) is 0 Å². The number of nitrogens with one attached hydrogen (secondary N) is 1. The fourth-order valence-corrected chi connectivity index (χ4v) is 4.15. The van der Waals surface area contributed by atoms with Crippen LogP contribution in [0, 0.1) is 12.8 Å². The number of aromatic nitrogens is 2. The van der Waals surface area contributed by atoms with E-state index in [0.717, 1.165) is 43.9 Å². The number of allylic oxidation sites excluding steroid dienone is 1. The molecule has 0 amide bonds. The summed E-state index contributed by atoms with van der Waals surface area (Å²) in [6.07, 6.45) is 5.80. The fraction of sp³-hybridized carbons (Fsp3) is 0.333. The number of ether oxygens (including phenoxy) is 1. The van der Waals surface area contributed by atoms with Gasteiger partial charge in [0.1, 0.15) is 6.61 Å². The number of likely N-dealkylation sites (tertiary alicyclic amines) is 1. The maximum atomic E-state index is 5.75. The van der Waals surface area contributed by atoms with Crippen molar-refractivity contribution in [2.24, 2.45) is 5.92 Å². The summed E-state index contributed by atoms with van der Waals surface area (Å²) in [4.78, 5) is 11.3. The van der Waals surface area contributed by atoms with Crippen molar-refractivity contribution in [3.05, 3.63) is 102 Å². The molecule has 1 saturated heterocycles. The van der Waals surface area contributed by atoms with Crippen LogP contribution in [0.5, 0.6) is 5.88 Å². The maximum Gasteiger partial charge on any atom is 0.213 e. The van der Waals surface area contributed by atoms with Crippen molar-refractivity contribution in [3.8, 4) is 5.88 Å². The molecule has 1 N–H and O–H groups in total. The third kappa shape index (κ3) is 5.95. The Morgan fingerprint density at radius 3 is 2.41 bits per heavy atom. The standard InChI is InChI=1S/C27H32N4O/c1-21-9-11-24(12-10-21)27(25-7-3-5-15-28-25)30-22(2)23-13-17-31(18-14-23)19-20-32-26-8-4-6-16-29-26/h3-12,15-16,23,27,30H,2,13-14,17-20H2,1H3. The number of aryl methyl sites for hydroxylation is 1. The van der Waals surface area contributed by atoms with Gasteiger partial charge in [-0.15, -0.1) is 0 Å². The highest BCUT2D eigenvalue weighted by Gasteiger charge is 2.24. The molecule has 5 heteroatoms. The number of hydrogen-bond donors (Lipinski definition) is 1. The lowest BCUT2D eigenvalue weighted by Crippen LogP contribution is -2.38. The van der Waals surface area contributed by atoms with Crippen molar-refractivity contribution in [2.45, 2.75) is 25.8 Å². The van der Waals surface area contributed by atoms with Gasteiger partial charge in [0.05, 0.1) is 11.7 Å². The lowest BCUT2D eigenvalue weighted by molar-refractivity contribution is 0.160. The van der Waals surface area contributed by atoms with Crippen molar-refractivity contribution in [1.82, 2.24) is 20.2 Å². The molecule has 1 aromatic carbocycles. The van der Waals surface area contributed by atoms with Crippen LogP contribution >= 0.6 is 0 Å². The number of pyridine rings is 2. The van der Waals surface area contributed by atoms with E-state index in [1.165, 1.54) is 11.1 Å². The minimum absolute atomic E-state index is 0.00843. The molecule has 1 aliphatic heterocycles. The second kappa shape index (κ2) is 10.9. The molecule has 1 aliphatic rings. The highest BCUT2D eigenvalue weighted by atomic mass is 16.5. The Morgan fingerprint density at radius 1 is 1.03 bits per heavy atom. The monoisotopic (exact) mass is 428 g/mol. The Kier molecular flexibility index (Phi) is 7.51. The molecule has 1 fully saturated rings. The van der Waals surface area contributed by atoms with Crippen LogP contribution in [0.2, 0.25) is 0 Å². The van der Waals surface area contributed by atoms with Crippen LogP contribution in [0.15, 0.2) is 85.3 Å². The molecule has 2 aromatic heterocycles. The minimum atomic E-state index is 0.00843. The molecule has 4 rings (SSSR count). The third-order valence-corrected chi connectivity index (χ3v) is 6.10. The molecule has 1 unspecified atom stereocenters. The average molecular weight is 429 g/mol. The zero-order valence-corrected chi connectivity index (χ0v) is 18.8. The Labute approximate surface area is 191 Å². The largest absolute Gasteiger partial charge is 0.476 e. The lowest BCUT2D eigenvalue weighted by atomic mass is 9.92. The maximum absolute atomic E-state index is 5.75. The van der Waals surface area contributed by atoms with E-state index in [1.807, 2.05) is 36.5 Å². The Balaban J connectivity index is 1.31. The molecule has 0 bridgehead atoms. The molecule has 166 valence electrons. The van der Waals surface area contributed by atoms with Crippen molar-refractivity contribution in [1.29, 1.82) is 0 Å². The van der Waals surface area contributed by atoms with Crippen LogP contribution < -0.4 is 10.1 Å². The lowest BCUT2D eigenvalue weighted by Gasteiger charge is -2.34. The van der Waals surface area contributed by atoms with Crippen LogP contribution in [-0.4, -0.2) is 41.1 Å². The van der Waals surface area contributed by atoms with Gasteiger partial charge in [-0.3, -0.25) is 9.88 Å². The molecule has 32 heavy (non-hydrogen) atoms. The SMILES string of the molecule is C=C(NC(c1ccc(C)cc1)c1ccccn1)C1CCN(CCOc2ccccn2)CC1. The number of hydrogen-bond acceptors (Lipinski definition) is 5. The van der Waals surface area contributed by atoms with Crippen LogP contribution in [0.4, 0.5) is 0 Å². The summed E-state index contributed by atoms with van der Waals surface area (Å²) in [5.74, 6) is 1.15. The second-order valence-electron chi connectivity index (χ2n) is 8.40. The number of benzene rings is 1. The molecule has 3 aromatic rings.